The van der Waals surface area contributed by atoms with Crippen LogP contribution in [-0.4, -0.2) is 19.6 Å². The number of methoxy groups -OCH3 is 1. The Morgan fingerprint density at radius 2 is 2.24 bits per heavy atom. The highest BCUT2D eigenvalue weighted by Gasteiger charge is 2.21. The smallest absolute Gasteiger partial charge is 0.340 e. The number of rotatable bonds is 4. The van der Waals surface area contributed by atoms with E-state index in [9.17, 15) is 4.79 Å². The van der Waals surface area contributed by atoms with Crippen LogP contribution in [-0.2, 0) is 4.74 Å². The van der Waals surface area contributed by atoms with Gasteiger partial charge in [-0.2, -0.15) is 0 Å². The summed E-state index contributed by atoms with van der Waals surface area (Å²) in [5, 5.41) is 3.33. The van der Waals surface area contributed by atoms with Crippen LogP contribution in [0.4, 0.5) is 11.4 Å². The molecule has 1 fully saturated rings. The highest BCUT2D eigenvalue weighted by molar-refractivity contribution is 5.97. The molecule has 4 nitrogen and oxygen atoms in total. The van der Waals surface area contributed by atoms with Crippen molar-refractivity contribution >= 4 is 17.3 Å². The van der Waals surface area contributed by atoms with E-state index < -0.39 is 0 Å². The summed E-state index contributed by atoms with van der Waals surface area (Å²) in [6, 6.07) is 3.72. The zero-order chi connectivity index (χ0) is 12.4. The molecule has 2 rings (SSSR count). The maximum Gasteiger partial charge on any atom is 0.340 e. The van der Waals surface area contributed by atoms with E-state index in [1.165, 1.54) is 20.0 Å². The molecule has 0 aromatic heterocycles. The lowest BCUT2D eigenvalue weighted by molar-refractivity contribution is 0.0602. The maximum atomic E-state index is 11.6. The number of hydrogen-bond donors (Lipinski definition) is 2. The van der Waals surface area contributed by atoms with Gasteiger partial charge < -0.3 is 15.8 Å². The molecule has 1 aliphatic carbocycles. The largest absolute Gasteiger partial charge is 0.465 e. The van der Waals surface area contributed by atoms with Crippen LogP contribution < -0.4 is 11.1 Å². The lowest BCUT2D eigenvalue weighted by Crippen LogP contribution is -2.10. The molecule has 1 saturated carbocycles. The van der Waals surface area contributed by atoms with Crippen LogP contribution in [0.5, 0.6) is 0 Å². The van der Waals surface area contributed by atoms with Crippen molar-refractivity contribution in [3.05, 3.63) is 23.3 Å². The van der Waals surface area contributed by atoms with Gasteiger partial charge in [0.25, 0.3) is 0 Å². The van der Waals surface area contributed by atoms with Crippen LogP contribution in [0, 0.1) is 12.8 Å². The summed E-state index contributed by atoms with van der Waals surface area (Å²) in [6.07, 6.45) is 2.59. The number of nitrogen functional groups attached to an aromatic ring is 1. The van der Waals surface area contributed by atoms with E-state index in [1.54, 1.807) is 6.07 Å². The van der Waals surface area contributed by atoms with E-state index in [-0.39, 0.29) is 5.97 Å². The van der Waals surface area contributed by atoms with E-state index in [0.717, 1.165) is 23.7 Å². The molecule has 92 valence electrons. The number of nitrogens with two attached hydrogens (primary N) is 1. The fourth-order valence-electron chi connectivity index (χ4n) is 1.76. The van der Waals surface area contributed by atoms with Crippen molar-refractivity contribution in [2.75, 3.05) is 24.7 Å². The van der Waals surface area contributed by atoms with Gasteiger partial charge in [0.2, 0.25) is 0 Å². The predicted molar refractivity (Wildman–Crippen MR) is 68.1 cm³/mol. The first-order valence-electron chi connectivity index (χ1n) is 5.84. The normalized spacial score (nSPS) is 14.5. The van der Waals surface area contributed by atoms with Crippen molar-refractivity contribution in [2.24, 2.45) is 5.92 Å². The molecule has 1 aliphatic rings. The second kappa shape index (κ2) is 4.65. The van der Waals surface area contributed by atoms with Crippen LogP contribution in [0.3, 0.4) is 0 Å². The van der Waals surface area contributed by atoms with E-state index in [4.69, 9.17) is 10.5 Å². The molecule has 1 aromatic carbocycles. The van der Waals surface area contributed by atoms with Crippen molar-refractivity contribution in [1.29, 1.82) is 0 Å². The molecule has 0 radical (unpaired) electrons. The number of anilines is 2. The summed E-state index contributed by atoms with van der Waals surface area (Å²) in [5.41, 5.74) is 8.63. The van der Waals surface area contributed by atoms with Gasteiger partial charge in [0.15, 0.2) is 0 Å². The monoisotopic (exact) mass is 234 g/mol. The number of esters is 1. The molecule has 3 N–H and O–H groups in total. The Hall–Kier alpha value is -1.71. The number of ether oxygens (including phenoxy) is 1. The first-order chi connectivity index (χ1) is 8.11. The number of aryl methyl sites for hydroxylation is 1. The number of carbonyl (C=O) groups is 1. The molecule has 0 spiro atoms. The maximum absolute atomic E-state index is 11.6. The van der Waals surface area contributed by atoms with E-state index in [1.807, 2.05) is 13.0 Å². The molecular formula is C13H18N2O2. The van der Waals surface area contributed by atoms with Crippen molar-refractivity contribution in [3.63, 3.8) is 0 Å². The molecular weight excluding hydrogens is 216 g/mol. The molecule has 17 heavy (non-hydrogen) atoms. The molecule has 0 heterocycles. The summed E-state index contributed by atoms with van der Waals surface area (Å²) in [5.74, 6) is 0.398. The molecule has 0 saturated heterocycles. The third-order valence-electron chi connectivity index (χ3n) is 3.08. The van der Waals surface area contributed by atoms with Crippen molar-refractivity contribution in [1.82, 2.24) is 0 Å². The molecule has 0 unspecified atom stereocenters. The average Bonchev–Trinajstić information content (AvgIpc) is 3.13. The van der Waals surface area contributed by atoms with Gasteiger partial charge in [-0.3, -0.25) is 0 Å². The van der Waals surface area contributed by atoms with Gasteiger partial charge in [-0.15, -0.1) is 0 Å². The Balaban J connectivity index is 2.20. The van der Waals surface area contributed by atoms with Crippen LogP contribution >= 0.6 is 0 Å². The Morgan fingerprint density at radius 1 is 1.53 bits per heavy atom. The topological polar surface area (TPSA) is 64.3 Å². The molecule has 4 heteroatoms. The SMILES string of the molecule is COC(=O)c1cc(NCC2CC2)cc(C)c1N. The number of nitrogens with one attached hydrogen (secondary N) is 1. The van der Waals surface area contributed by atoms with Crippen LogP contribution in [0.25, 0.3) is 0 Å². The van der Waals surface area contributed by atoms with E-state index in [2.05, 4.69) is 5.32 Å². The van der Waals surface area contributed by atoms with Gasteiger partial charge >= 0.3 is 5.97 Å². The number of hydrogen-bond acceptors (Lipinski definition) is 4. The first-order valence-corrected chi connectivity index (χ1v) is 5.84. The number of benzene rings is 1. The average molecular weight is 234 g/mol. The minimum absolute atomic E-state index is 0.388. The van der Waals surface area contributed by atoms with Gasteiger partial charge in [0, 0.05) is 17.9 Å². The molecule has 0 amide bonds. The zero-order valence-corrected chi connectivity index (χ0v) is 10.2. The zero-order valence-electron chi connectivity index (χ0n) is 10.2. The summed E-state index contributed by atoms with van der Waals surface area (Å²) >= 11 is 0. The molecule has 0 atom stereocenters. The summed E-state index contributed by atoms with van der Waals surface area (Å²) in [4.78, 5) is 11.6. The van der Waals surface area contributed by atoms with Gasteiger partial charge in [-0.1, -0.05) is 0 Å². The third kappa shape index (κ3) is 2.70. The van der Waals surface area contributed by atoms with E-state index in [0.29, 0.717) is 11.3 Å². The van der Waals surface area contributed by atoms with Crippen molar-refractivity contribution in [3.8, 4) is 0 Å². The molecule has 1 aromatic rings. The van der Waals surface area contributed by atoms with E-state index >= 15 is 0 Å². The Labute approximate surface area is 101 Å². The predicted octanol–water partition coefficient (Wildman–Crippen LogP) is 2.19. The molecule has 0 bridgehead atoms. The van der Waals surface area contributed by atoms with Gasteiger partial charge in [0.1, 0.15) is 0 Å². The second-order valence-corrected chi connectivity index (χ2v) is 4.57. The Morgan fingerprint density at radius 3 is 2.82 bits per heavy atom. The van der Waals surface area contributed by atoms with Gasteiger partial charge in [-0.25, -0.2) is 4.79 Å². The van der Waals surface area contributed by atoms with Crippen molar-refractivity contribution < 1.29 is 9.53 Å². The first kappa shape index (κ1) is 11.8. The Kier molecular flexibility index (Phi) is 3.22. The summed E-state index contributed by atoms with van der Waals surface area (Å²) < 4.78 is 4.72. The van der Waals surface area contributed by atoms with Gasteiger partial charge in [-0.05, 0) is 43.4 Å². The van der Waals surface area contributed by atoms with Crippen LogP contribution in [0.1, 0.15) is 28.8 Å². The summed E-state index contributed by atoms with van der Waals surface area (Å²) in [6.45, 7) is 2.86. The standard InChI is InChI=1S/C13H18N2O2/c1-8-5-10(15-7-9-3-4-9)6-11(12(8)14)13(16)17-2/h5-6,9,15H,3-4,7,14H2,1-2H3. The van der Waals surface area contributed by atoms with Gasteiger partial charge in [0.05, 0.1) is 12.7 Å². The summed E-state index contributed by atoms with van der Waals surface area (Å²) in [7, 11) is 1.36. The fourth-order valence-corrected chi connectivity index (χ4v) is 1.76. The highest BCUT2D eigenvalue weighted by atomic mass is 16.5. The second-order valence-electron chi connectivity index (χ2n) is 4.57. The van der Waals surface area contributed by atoms with Crippen LogP contribution in [0.2, 0.25) is 0 Å². The Bertz CT molecular complexity index is 439. The lowest BCUT2D eigenvalue weighted by Gasteiger charge is -2.12. The van der Waals surface area contributed by atoms with Crippen molar-refractivity contribution in [2.45, 2.75) is 19.8 Å². The third-order valence-corrected chi connectivity index (χ3v) is 3.08. The molecule has 0 aliphatic heterocycles. The van der Waals surface area contributed by atoms with Crippen LogP contribution in [0.15, 0.2) is 12.1 Å². The number of carbonyl (C=O) groups excluding carboxylic acids is 1. The fraction of sp³-hybridized carbons (Fsp3) is 0.462. The quantitative estimate of drug-likeness (QED) is 0.619. The highest BCUT2D eigenvalue weighted by Crippen LogP contribution is 2.30. The lowest BCUT2D eigenvalue weighted by atomic mass is 10.1. The minimum atomic E-state index is -0.388. The minimum Gasteiger partial charge on any atom is -0.465 e.